The first kappa shape index (κ1) is 8.31. The maximum Gasteiger partial charge on any atom is 0.131 e. The average molecular weight is 197 g/mol. The first-order valence-corrected chi connectivity index (χ1v) is 4.27. The average Bonchev–Trinajstić information content (AvgIpc) is 2.70. The number of nitrogens with zero attached hydrogens (tertiary/aromatic N) is 3. The van der Waals surface area contributed by atoms with Gasteiger partial charge >= 0.3 is 0 Å². The summed E-state index contributed by atoms with van der Waals surface area (Å²) in [5.74, 6) is 0. The molecule has 0 aliphatic rings. The van der Waals surface area contributed by atoms with E-state index in [4.69, 9.17) is 11.6 Å². The highest BCUT2D eigenvalue weighted by Crippen LogP contribution is 2.27. The Kier molecular flexibility index (Phi) is 1.84. The van der Waals surface area contributed by atoms with Crippen LogP contribution in [0.2, 0.25) is 5.02 Å². The van der Waals surface area contributed by atoms with Crippen LogP contribution in [0.15, 0.2) is 12.3 Å². The lowest BCUT2D eigenvalue weighted by Gasteiger charge is -1.89. The second kappa shape index (κ2) is 2.88. The van der Waals surface area contributed by atoms with Crippen LogP contribution in [0.1, 0.15) is 5.69 Å². The van der Waals surface area contributed by atoms with Crippen LogP contribution in [-0.2, 0) is 7.05 Å². The van der Waals surface area contributed by atoms with Crippen LogP contribution in [0.25, 0.3) is 11.4 Å². The molecule has 0 radical (unpaired) electrons. The summed E-state index contributed by atoms with van der Waals surface area (Å²) in [6.07, 6.45) is 1.75. The zero-order valence-corrected chi connectivity index (χ0v) is 8.13. The molecule has 0 atom stereocenters. The van der Waals surface area contributed by atoms with Crippen molar-refractivity contribution in [1.29, 1.82) is 0 Å². The van der Waals surface area contributed by atoms with Crippen molar-refractivity contribution in [2.75, 3.05) is 0 Å². The van der Waals surface area contributed by atoms with Gasteiger partial charge in [-0.05, 0) is 13.0 Å². The molecule has 2 heterocycles. The molecule has 4 nitrogen and oxygen atoms in total. The maximum atomic E-state index is 6.07. The van der Waals surface area contributed by atoms with Crippen LogP contribution in [0.4, 0.5) is 0 Å². The number of aromatic amines is 1. The molecule has 0 aliphatic carbocycles. The Morgan fingerprint density at radius 1 is 1.54 bits per heavy atom. The van der Waals surface area contributed by atoms with Gasteiger partial charge in [0.1, 0.15) is 11.4 Å². The van der Waals surface area contributed by atoms with Crippen molar-refractivity contribution in [2.45, 2.75) is 6.92 Å². The highest BCUT2D eigenvalue weighted by molar-refractivity contribution is 6.33. The van der Waals surface area contributed by atoms with Gasteiger partial charge in [-0.1, -0.05) is 11.6 Å². The van der Waals surface area contributed by atoms with E-state index in [1.807, 2.05) is 20.0 Å². The summed E-state index contributed by atoms with van der Waals surface area (Å²) in [6, 6.07) is 1.84. The second-order valence-corrected chi connectivity index (χ2v) is 3.21. The largest absolute Gasteiger partial charge is 0.285 e. The van der Waals surface area contributed by atoms with Gasteiger partial charge in [-0.25, -0.2) is 0 Å². The van der Waals surface area contributed by atoms with Crippen molar-refractivity contribution in [2.24, 2.45) is 7.05 Å². The summed E-state index contributed by atoms with van der Waals surface area (Å²) in [6.45, 7) is 1.92. The third kappa shape index (κ3) is 1.23. The van der Waals surface area contributed by atoms with E-state index in [9.17, 15) is 0 Å². The molecule has 0 saturated heterocycles. The fourth-order valence-corrected chi connectivity index (χ4v) is 1.40. The number of nitrogens with one attached hydrogen (secondary N) is 1. The zero-order chi connectivity index (χ0) is 9.42. The van der Waals surface area contributed by atoms with E-state index < -0.39 is 0 Å². The predicted molar refractivity (Wildman–Crippen MR) is 50.5 cm³/mol. The lowest BCUT2D eigenvalue weighted by molar-refractivity contribution is 0.742. The van der Waals surface area contributed by atoms with Gasteiger partial charge in [-0.15, -0.1) is 0 Å². The Morgan fingerprint density at radius 2 is 2.31 bits per heavy atom. The molecule has 0 amide bonds. The number of aryl methyl sites for hydroxylation is 1. The Hall–Kier alpha value is -1.29. The highest BCUT2D eigenvalue weighted by Gasteiger charge is 2.13. The van der Waals surface area contributed by atoms with Crippen LogP contribution in [-0.4, -0.2) is 20.0 Å². The summed E-state index contributed by atoms with van der Waals surface area (Å²) < 4.78 is 1.74. The number of aromatic nitrogens is 4. The number of hydrogen-bond donors (Lipinski definition) is 1. The maximum absolute atomic E-state index is 6.07. The summed E-state index contributed by atoms with van der Waals surface area (Å²) >= 11 is 6.07. The molecule has 2 rings (SSSR count). The quantitative estimate of drug-likeness (QED) is 0.756. The fourth-order valence-electron chi connectivity index (χ4n) is 1.14. The molecule has 13 heavy (non-hydrogen) atoms. The highest BCUT2D eigenvalue weighted by atomic mass is 35.5. The summed E-state index contributed by atoms with van der Waals surface area (Å²) in [7, 11) is 1.86. The van der Waals surface area contributed by atoms with E-state index in [0.29, 0.717) is 5.02 Å². The first-order valence-electron chi connectivity index (χ1n) is 3.89. The van der Waals surface area contributed by atoms with Gasteiger partial charge in [-0.2, -0.15) is 10.2 Å². The van der Waals surface area contributed by atoms with Gasteiger partial charge in [0.15, 0.2) is 0 Å². The number of halogens is 1. The monoisotopic (exact) mass is 196 g/mol. The van der Waals surface area contributed by atoms with E-state index >= 15 is 0 Å². The minimum absolute atomic E-state index is 0.662. The molecule has 5 heteroatoms. The predicted octanol–water partition coefficient (Wildman–Crippen LogP) is 1.77. The van der Waals surface area contributed by atoms with Gasteiger partial charge in [-0.3, -0.25) is 9.78 Å². The van der Waals surface area contributed by atoms with Crippen molar-refractivity contribution < 1.29 is 0 Å². The molecular weight excluding hydrogens is 188 g/mol. The molecule has 0 unspecified atom stereocenters. The van der Waals surface area contributed by atoms with E-state index in [1.54, 1.807) is 10.9 Å². The first-order chi connectivity index (χ1) is 6.20. The van der Waals surface area contributed by atoms with Crippen LogP contribution >= 0.6 is 11.6 Å². The molecule has 1 N–H and O–H groups in total. The minimum Gasteiger partial charge on any atom is -0.285 e. The topological polar surface area (TPSA) is 46.5 Å². The molecule has 0 aromatic carbocycles. The molecule has 0 saturated carbocycles. The second-order valence-electron chi connectivity index (χ2n) is 2.83. The third-order valence-corrected chi connectivity index (χ3v) is 2.46. The van der Waals surface area contributed by atoms with Crippen molar-refractivity contribution >= 4 is 11.6 Å². The van der Waals surface area contributed by atoms with Gasteiger partial charge in [0.05, 0.1) is 10.7 Å². The summed E-state index contributed by atoms with van der Waals surface area (Å²) in [5.41, 5.74) is 2.44. The molecule has 2 aromatic heterocycles. The Balaban J connectivity index is 2.59. The Labute approximate surface area is 80.5 Å². The van der Waals surface area contributed by atoms with Crippen LogP contribution in [0, 0.1) is 6.92 Å². The van der Waals surface area contributed by atoms with Gasteiger partial charge in [0.2, 0.25) is 0 Å². The number of rotatable bonds is 1. The van der Waals surface area contributed by atoms with Crippen molar-refractivity contribution in [3.63, 3.8) is 0 Å². The lowest BCUT2D eigenvalue weighted by atomic mass is 10.3. The fraction of sp³-hybridized carbons (Fsp3) is 0.250. The normalized spacial score (nSPS) is 10.7. The minimum atomic E-state index is 0.662. The molecule has 0 spiro atoms. The van der Waals surface area contributed by atoms with E-state index in [2.05, 4.69) is 15.3 Å². The lowest BCUT2D eigenvalue weighted by Crippen LogP contribution is -1.92. The van der Waals surface area contributed by atoms with Gasteiger partial charge in [0, 0.05) is 13.2 Å². The third-order valence-electron chi connectivity index (χ3n) is 2.00. The molecule has 68 valence electrons. The Morgan fingerprint density at radius 3 is 2.77 bits per heavy atom. The van der Waals surface area contributed by atoms with Crippen molar-refractivity contribution in [1.82, 2.24) is 20.0 Å². The summed E-state index contributed by atoms with van der Waals surface area (Å²) in [4.78, 5) is 0. The zero-order valence-electron chi connectivity index (χ0n) is 7.37. The van der Waals surface area contributed by atoms with Crippen LogP contribution < -0.4 is 0 Å². The van der Waals surface area contributed by atoms with Crippen molar-refractivity contribution in [3.05, 3.63) is 23.0 Å². The molecule has 0 fully saturated rings. The van der Waals surface area contributed by atoms with E-state index in [-0.39, 0.29) is 0 Å². The number of H-pyrrole nitrogens is 1. The van der Waals surface area contributed by atoms with Crippen LogP contribution in [0.5, 0.6) is 0 Å². The van der Waals surface area contributed by atoms with Crippen LogP contribution in [0.3, 0.4) is 0 Å². The van der Waals surface area contributed by atoms with E-state index in [1.165, 1.54) is 0 Å². The number of hydrogen-bond acceptors (Lipinski definition) is 2. The summed E-state index contributed by atoms with van der Waals surface area (Å²) in [5, 5.41) is 11.7. The van der Waals surface area contributed by atoms with Gasteiger partial charge in [0.25, 0.3) is 0 Å². The smallest absolute Gasteiger partial charge is 0.131 e. The molecular formula is C8H9ClN4. The standard InChI is InChI=1S/C8H9ClN4/c1-5-7(9)8(12-13(5)2)6-3-4-10-11-6/h3-4H,1-2H3,(H,10,11). The van der Waals surface area contributed by atoms with Crippen molar-refractivity contribution in [3.8, 4) is 11.4 Å². The SMILES string of the molecule is Cc1c(Cl)c(-c2cc[nH]n2)nn1C. The van der Waals surface area contributed by atoms with Gasteiger partial charge < -0.3 is 0 Å². The Bertz CT molecular complexity index is 416. The molecule has 2 aromatic rings. The van der Waals surface area contributed by atoms with E-state index in [0.717, 1.165) is 17.1 Å². The molecule has 0 bridgehead atoms. The molecule has 0 aliphatic heterocycles.